The van der Waals surface area contributed by atoms with Gasteiger partial charge in [-0.2, -0.15) is 0 Å². The molecule has 3 rings (SSSR count). The minimum atomic E-state index is -1.30. The number of aliphatic hydroxyl groups excluding tert-OH is 3. The van der Waals surface area contributed by atoms with Gasteiger partial charge >= 0.3 is 0 Å². The lowest BCUT2D eigenvalue weighted by Gasteiger charge is -2.40. The lowest BCUT2D eigenvalue weighted by molar-refractivity contribution is -0.200. The normalized spacial score (nSPS) is 22.0. The number of hydrogen-bond donors (Lipinski definition) is 5. The highest BCUT2D eigenvalue weighted by atomic mass is 32.2. The third-order valence-electron chi connectivity index (χ3n) is 7.58. The van der Waals surface area contributed by atoms with E-state index in [1.54, 1.807) is 20.1 Å². The van der Waals surface area contributed by atoms with Crippen LogP contribution < -0.4 is 10.6 Å². The minimum Gasteiger partial charge on any atom is -0.387 e. The Hall–Kier alpha value is -2.95. The van der Waals surface area contributed by atoms with Crippen molar-refractivity contribution in [3.05, 3.63) is 70.3 Å². The van der Waals surface area contributed by atoms with E-state index in [1.165, 1.54) is 11.8 Å². The van der Waals surface area contributed by atoms with E-state index in [9.17, 15) is 24.9 Å². The van der Waals surface area contributed by atoms with Gasteiger partial charge in [-0.1, -0.05) is 48.4 Å². The standard InChI is InChI=1S/C33H45N3O7S/c1-7-15-36(5)16-14-34-32(41)33(3,4)35-26(37)20-42-19-23-11-9-22(10-12-23)17-25-18-24(13-8-21(25)2)30-28(39)27(38)29(40)31(43-30)44-6/h1,8-13,18,27-31,38-40H,14-17,19-20H2,2-6H3,(H,34,41)(H,35,37)/t27-,28-,29+,30+,31-/m1/s1. The molecule has 1 saturated heterocycles. The fourth-order valence-electron chi connectivity index (χ4n) is 4.87. The first kappa shape index (κ1) is 35.5. The zero-order valence-corrected chi connectivity index (χ0v) is 26.9. The number of ether oxygens (including phenoxy) is 2. The maximum Gasteiger partial charge on any atom is 0.246 e. The van der Waals surface area contributed by atoms with E-state index in [0.717, 1.165) is 27.8 Å². The molecule has 11 heteroatoms. The van der Waals surface area contributed by atoms with Gasteiger partial charge in [-0.15, -0.1) is 18.2 Å². The first-order valence-electron chi connectivity index (χ1n) is 14.5. The molecule has 0 spiro atoms. The number of rotatable bonds is 14. The molecule has 5 atom stereocenters. The Bertz CT molecular complexity index is 1300. The third kappa shape index (κ3) is 9.78. The highest BCUT2D eigenvalue weighted by molar-refractivity contribution is 7.99. The fraction of sp³-hybridized carbons (Fsp3) is 0.515. The second kappa shape index (κ2) is 16.4. The molecule has 1 fully saturated rings. The maximum atomic E-state index is 12.5. The summed E-state index contributed by atoms with van der Waals surface area (Å²) in [6, 6.07) is 13.7. The second-order valence-corrected chi connectivity index (χ2v) is 12.6. The van der Waals surface area contributed by atoms with E-state index in [-0.39, 0.29) is 25.0 Å². The van der Waals surface area contributed by atoms with Crippen LogP contribution >= 0.6 is 11.8 Å². The molecule has 1 aliphatic rings. The Kier molecular flexibility index (Phi) is 13.2. The van der Waals surface area contributed by atoms with Crippen molar-refractivity contribution in [3.63, 3.8) is 0 Å². The number of terminal acetylenes is 1. The van der Waals surface area contributed by atoms with Gasteiger partial charge < -0.3 is 35.4 Å². The van der Waals surface area contributed by atoms with Crippen LogP contribution in [-0.2, 0) is 32.1 Å². The number of carbonyl (C=O) groups is 2. The van der Waals surface area contributed by atoms with Gasteiger partial charge in [0.25, 0.3) is 0 Å². The van der Waals surface area contributed by atoms with Crippen molar-refractivity contribution in [2.75, 3.05) is 39.5 Å². The highest BCUT2D eigenvalue weighted by Crippen LogP contribution is 2.36. The molecule has 0 aromatic heterocycles. The van der Waals surface area contributed by atoms with Gasteiger partial charge in [0.2, 0.25) is 11.8 Å². The Morgan fingerprint density at radius 3 is 2.43 bits per heavy atom. The number of nitrogens with one attached hydrogen (secondary N) is 2. The number of likely N-dealkylation sites (N-methyl/N-ethyl adjacent to an activating group) is 1. The van der Waals surface area contributed by atoms with Crippen molar-refractivity contribution in [2.24, 2.45) is 0 Å². The van der Waals surface area contributed by atoms with E-state index >= 15 is 0 Å². The van der Waals surface area contributed by atoms with Gasteiger partial charge in [0, 0.05) is 13.1 Å². The van der Waals surface area contributed by atoms with E-state index < -0.39 is 35.4 Å². The number of nitrogens with zero attached hydrogens (tertiary/aromatic N) is 1. The van der Waals surface area contributed by atoms with Gasteiger partial charge in [0.05, 0.1) is 13.2 Å². The molecule has 0 unspecified atom stereocenters. The highest BCUT2D eigenvalue weighted by Gasteiger charge is 2.44. The van der Waals surface area contributed by atoms with E-state index in [0.29, 0.717) is 26.1 Å². The molecule has 10 nitrogen and oxygen atoms in total. The monoisotopic (exact) mass is 627 g/mol. The smallest absolute Gasteiger partial charge is 0.246 e. The van der Waals surface area contributed by atoms with E-state index in [2.05, 4.69) is 16.6 Å². The van der Waals surface area contributed by atoms with E-state index in [4.69, 9.17) is 15.9 Å². The number of amides is 2. The van der Waals surface area contributed by atoms with Crippen LogP contribution in [0.3, 0.4) is 0 Å². The predicted octanol–water partition coefficient (Wildman–Crippen LogP) is 1.52. The van der Waals surface area contributed by atoms with Crippen LogP contribution in [0.1, 0.15) is 47.8 Å². The van der Waals surface area contributed by atoms with Crippen molar-refractivity contribution < 1.29 is 34.4 Å². The SMILES string of the molecule is C#CCN(C)CCNC(=O)C(C)(C)NC(=O)COCc1ccc(Cc2cc([C@@H]3O[C@H](SC)[C@@H](O)[C@H](O)[C@H]3O)ccc2C)cc1. The molecule has 0 radical (unpaired) electrons. The summed E-state index contributed by atoms with van der Waals surface area (Å²) >= 11 is 1.29. The largest absolute Gasteiger partial charge is 0.387 e. The van der Waals surface area contributed by atoms with Gasteiger partial charge in [0.1, 0.15) is 42.0 Å². The number of hydrogen-bond acceptors (Lipinski definition) is 9. The average molecular weight is 628 g/mol. The summed E-state index contributed by atoms with van der Waals surface area (Å²) < 4.78 is 11.5. The second-order valence-electron chi connectivity index (χ2n) is 11.7. The molecule has 0 saturated carbocycles. The number of aliphatic hydroxyl groups is 3. The molecule has 240 valence electrons. The predicted molar refractivity (Wildman–Crippen MR) is 171 cm³/mol. The summed E-state index contributed by atoms with van der Waals surface area (Å²) in [5, 5.41) is 36.6. The van der Waals surface area contributed by atoms with Crippen LogP contribution in [0.15, 0.2) is 42.5 Å². The molecule has 1 aliphatic heterocycles. The molecule has 2 aromatic rings. The third-order valence-corrected chi connectivity index (χ3v) is 8.44. The number of benzene rings is 2. The molecule has 2 amide bonds. The van der Waals surface area contributed by atoms with Gasteiger partial charge in [0.15, 0.2) is 0 Å². The summed E-state index contributed by atoms with van der Waals surface area (Å²) in [6.45, 7) is 6.85. The van der Waals surface area contributed by atoms with E-state index in [1.807, 2.05) is 61.3 Å². The molecule has 44 heavy (non-hydrogen) atoms. The topological polar surface area (TPSA) is 141 Å². The van der Waals surface area contributed by atoms with Crippen LogP contribution in [0.25, 0.3) is 0 Å². The molecule has 2 aromatic carbocycles. The summed E-state index contributed by atoms with van der Waals surface area (Å²) in [4.78, 5) is 26.9. The minimum absolute atomic E-state index is 0.187. The van der Waals surface area contributed by atoms with Crippen LogP contribution in [0.2, 0.25) is 0 Å². The number of aryl methyl sites for hydroxylation is 1. The van der Waals surface area contributed by atoms with Crippen LogP contribution in [0.5, 0.6) is 0 Å². The Balaban J connectivity index is 1.50. The zero-order chi connectivity index (χ0) is 32.4. The van der Waals surface area contributed by atoms with Crippen molar-refractivity contribution >= 4 is 23.6 Å². The van der Waals surface area contributed by atoms with Crippen molar-refractivity contribution in [1.29, 1.82) is 0 Å². The molecular formula is C33H45N3O7S. The Morgan fingerprint density at radius 2 is 1.77 bits per heavy atom. The molecular weight excluding hydrogens is 582 g/mol. The van der Waals surface area contributed by atoms with Gasteiger partial charge in [-0.05, 0) is 68.3 Å². The Labute approximate surface area is 264 Å². The average Bonchev–Trinajstić information content (AvgIpc) is 2.98. The van der Waals surface area contributed by atoms with Gasteiger partial charge in [-0.25, -0.2) is 0 Å². The summed E-state index contributed by atoms with van der Waals surface area (Å²) in [6.07, 6.45) is 3.24. The summed E-state index contributed by atoms with van der Waals surface area (Å²) in [5.74, 6) is 1.86. The first-order chi connectivity index (χ1) is 20.9. The van der Waals surface area contributed by atoms with Crippen molar-refractivity contribution in [3.8, 4) is 12.3 Å². The lowest BCUT2D eigenvalue weighted by atomic mass is 9.91. The lowest BCUT2D eigenvalue weighted by Crippen LogP contribution is -2.56. The summed E-state index contributed by atoms with van der Waals surface area (Å²) in [5.41, 5.74) is 3.08. The van der Waals surface area contributed by atoms with Crippen LogP contribution in [0.4, 0.5) is 0 Å². The molecule has 5 N–H and O–H groups in total. The van der Waals surface area contributed by atoms with Gasteiger partial charge in [-0.3, -0.25) is 14.5 Å². The molecule has 0 aliphatic carbocycles. The van der Waals surface area contributed by atoms with Crippen LogP contribution in [0, 0.1) is 19.3 Å². The summed E-state index contributed by atoms with van der Waals surface area (Å²) in [7, 11) is 1.87. The maximum absolute atomic E-state index is 12.5. The molecule has 0 bridgehead atoms. The number of carbonyl (C=O) groups excluding carboxylic acids is 2. The Morgan fingerprint density at radius 1 is 1.09 bits per heavy atom. The van der Waals surface area contributed by atoms with Crippen molar-refractivity contribution in [1.82, 2.24) is 15.5 Å². The van der Waals surface area contributed by atoms with Crippen molar-refractivity contribution in [2.45, 2.75) is 69.2 Å². The first-order valence-corrected chi connectivity index (χ1v) is 15.8. The molecule has 1 heterocycles. The van der Waals surface area contributed by atoms with Crippen LogP contribution in [-0.4, -0.2) is 101 Å². The zero-order valence-electron chi connectivity index (χ0n) is 26.1. The number of thioether (sulfide) groups is 1. The fourth-order valence-corrected chi connectivity index (χ4v) is 5.54. The quantitative estimate of drug-likeness (QED) is 0.197.